The van der Waals surface area contributed by atoms with E-state index in [4.69, 9.17) is 5.11 Å². The minimum Gasteiger partial charge on any atom is -0.480 e. The van der Waals surface area contributed by atoms with E-state index in [1.54, 1.807) is 0 Å². The maximum Gasteiger partial charge on any atom is 0.317 e. The molecule has 0 aromatic heterocycles. The molecule has 0 spiro atoms. The number of unbranched alkanes of at least 4 members (excludes halogenated alkanes) is 9. The molecule has 0 radical (unpaired) electrons. The maximum atomic E-state index is 10.3. The molecule has 5 nitrogen and oxygen atoms in total. The van der Waals surface area contributed by atoms with E-state index in [9.17, 15) is 4.79 Å². The van der Waals surface area contributed by atoms with Crippen molar-refractivity contribution in [2.75, 3.05) is 26.2 Å². The molecule has 0 aliphatic rings. The van der Waals surface area contributed by atoms with Crippen molar-refractivity contribution in [3.05, 3.63) is 0 Å². The van der Waals surface area contributed by atoms with Gasteiger partial charge in [-0.3, -0.25) is 4.79 Å². The summed E-state index contributed by atoms with van der Waals surface area (Å²) in [5.74, 6) is -0.808. The molecule has 0 amide bonds. The van der Waals surface area contributed by atoms with Crippen LogP contribution in [0.2, 0.25) is 0 Å². The van der Waals surface area contributed by atoms with Crippen LogP contribution in [0.15, 0.2) is 0 Å². The Bertz CT molecular complexity index is 263. The Morgan fingerprint density at radius 1 is 0.826 bits per heavy atom. The van der Waals surface area contributed by atoms with Gasteiger partial charge in [0.1, 0.15) is 0 Å². The van der Waals surface area contributed by atoms with E-state index in [0.717, 1.165) is 13.1 Å². The van der Waals surface area contributed by atoms with Crippen LogP contribution in [0.4, 0.5) is 0 Å². The number of rotatable bonds is 18. The summed E-state index contributed by atoms with van der Waals surface area (Å²) in [6.45, 7) is 6.90. The Labute approximate surface area is 143 Å². The fourth-order valence-electron chi connectivity index (χ4n) is 2.58. The van der Waals surface area contributed by atoms with Crippen molar-refractivity contribution in [2.24, 2.45) is 0 Å². The molecule has 0 fully saturated rings. The molecule has 0 rings (SSSR count). The second-order valence-corrected chi connectivity index (χ2v) is 6.38. The Kier molecular flexibility index (Phi) is 17.2. The molecule has 1 unspecified atom stereocenters. The van der Waals surface area contributed by atoms with Gasteiger partial charge in [0.15, 0.2) is 0 Å². The van der Waals surface area contributed by atoms with Gasteiger partial charge in [0.05, 0.1) is 12.7 Å². The van der Waals surface area contributed by atoms with Crippen molar-refractivity contribution >= 4 is 5.97 Å². The topological polar surface area (TPSA) is 73.4 Å². The van der Waals surface area contributed by atoms with Crippen molar-refractivity contribution in [2.45, 2.75) is 84.2 Å². The van der Waals surface area contributed by atoms with Crippen LogP contribution in [0.5, 0.6) is 0 Å². The number of carboxylic acid groups (broad SMARTS) is 1. The van der Waals surface area contributed by atoms with Gasteiger partial charge in [-0.2, -0.15) is 0 Å². The summed E-state index contributed by atoms with van der Waals surface area (Å²) in [7, 11) is 0. The largest absolute Gasteiger partial charge is 0.480 e. The average molecular weight is 330 g/mol. The molecule has 5 heteroatoms. The first-order valence-corrected chi connectivity index (χ1v) is 9.56. The Morgan fingerprint density at radius 2 is 1.35 bits per heavy atom. The van der Waals surface area contributed by atoms with Crippen molar-refractivity contribution < 1.29 is 9.90 Å². The summed E-state index contributed by atoms with van der Waals surface area (Å²) in [6.07, 6.45) is 13.9. The van der Waals surface area contributed by atoms with Crippen molar-refractivity contribution in [3.8, 4) is 0 Å². The van der Waals surface area contributed by atoms with Gasteiger partial charge in [0.25, 0.3) is 0 Å². The first-order chi connectivity index (χ1) is 11.2. The van der Waals surface area contributed by atoms with Gasteiger partial charge in [-0.15, -0.1) is 0 Å². The van der Waals surface area contributed by atoms with Crippen LogP contribution in [0.3, 0.4) is 0 Å². The predicted octanol–water partition coefficient (Wildman–Crippen LogP) is 3.11. The van der Waals surface area contributed by atoms with Crippen LogP contribution >= 0.6 is 0 Å². The molecule has 0 aliphatic heterocycles. The molecule has 4 N–H and O–H groups in total. The average Bonchev–Trinajstić information content (AvgIpc) is 2.52. The van der Waals surface area contributed by atoms with E-state index < -0.39 is 5.97 Å². The van der Waals surface area contributed by atoms with Gasteiger partial charge >= 0.3 is 5.97 Å². The molecule has 0 saturated carbocycles. The highest BCUT2D eigenvalue weighted by Gasteiger charge is 2.00. The van der Waals surface area contributed by atoms with Crippen LogP contribution in [-0.4, -0.2) is 43.4 Å². The summed E-state index contributed by atoms with van der Waals surface area (Å²) in [5.41, 5.74) is 0. The number of carbonyl (C=O) groups is 1. The SMILES string of the molecule is CCCCCCCCCCCCNC(C)NCCNCC(=O)O. The standard InChI is InChI=1S/C18H39N3O2/c1-3-4-5-6-7-8-9-10-11-12-13-20-17(2)21-15-14-19-16-18(22)23/h17,19-21H,3-16H2,1-2H3,(H,22,23). The summed E-state index contributed by atoms with van der Waals surface area (Å²) in [4.78, 5) is 10.3. The van der Waals surface area contributed by atoms with Crippen LogP contribution in [0.25, 0.3) is 0 Å². The number of hydrogen-bond donors (Lipinski definition) is 4. The first kappa shape index (κ1) is 22.4. The quantitative estimate of drug-likeness (QED) is 0.230. The van der Waals surface area contributed by atoms with E-state index in [1.165, 1.54) is 64.2 Å². The zero-order valence-electron chi connectivity index (χ0n) is 15.3. The second kappa shape index (κ2) is 17.7. The zero-order chi connectivity index (χ0) is 17.2. The molecule has 0 aliphatic carbocycles. The Hall–Kier alpha value is -0.650. The smallest absolute Gasteiger partial charge is 0.317 e. The lowest BCUT2D eigenvalue weighted by Gasteiger charge is -2.15. The van der Waals surface area contributed by atoms with Crippen LogP contribution in [-0.2, 0) is 4.79 Å². The lowest BCUT2D eigenvalue weighted by Crippen LogP contribution is -2.43. The molecular weight excluding hydrogens is 290 g/mol. The molecule has 23 heavy (non-hydrogen) atoms. The van der Waals surface area contributed by atoms with E-state index in [0.29, 0.717) is 6.54 Å². The highest BCUT2D eigenvalue weighted by molar-refractivity contribution is 5.68. The third-order valence-corrected chi connectivity index (χ3v) is 4.01. The summed E-state index contributed by atoms with van der Waals surface area (Å²) >= 11 is 0. The third-order valence-electron chi connectivity index (χ3n) is 4.01. The minimum atomic E-state index is -0.808. The minimum absolute atomic E-state index is 0.0299. The zero-order valence-corrected chi connectivity index (χ0v) is 15.3. The van der Waals surface area contributed by atoms with E-state index in [1.807, 2.05) is 0 Å². The number of nitrogens with one attached hydrogen (secondary N) is 3. The van der Waals surface area contributed by atoms with Gasteiger partial charge in [-0.25, -0.2) is 0 Å². The van der Waals surface area contributed by atoms with E-state index >= 15 is 0 Å². The normalized spacial score (nSPS) is 12.4. The van der Waals surface area contributed by atoms with Gasteiger partial charge in [0, 0.05) is 13.1 Å². The molecule has 1 atom stereocenters. The fourth-order valence-corrected chi connectivity index (χ4v) is 2.58. The Balaban J connectivity index is 3.14. The molecule has 0 bridgehead atoms. The highest BCUT2D eigenvalue weighted by atomic mass is 16.4. The maximum absolute atomic E-state index is 10.3. The Morgan fingerprint density at radius 3 is 1.91 bits per heavy atom. The number of hydrogen-bond acceptors (Lipinski definition) is 4. The molecule has 0 saturated heterocycles. The molecular formula is C18H39N3O2. The molecule has 0 heterocycles. The van der Waals surface area contributed by atoms with Crippen LogP contribution in [0.1, 0.15) is 78.1 Å². The highest BCUT2D eigenvalue weighted by Crippen LogP contribution is 2.10. The lowest BCUT2D eigenvalue weighted by atomic mass is 10.1. The summed E-state index contributed by atoms with van der Waals surface area (Å²) in [6, 6.07) is 0. The van der Waals surface area contributed by atoms with Gasteiger partial charge in [0.2, 0.25) is 0 Å². The first-order valence-electron chi connectivity index (χ1n) is 9.56. The lowest BCUT2D eigenvalue weighted by molar-refractivity contribution is -0.135. The number of carboxylic acids is 1. The number of aliphatic carboxylic acids is 1. The third kappa shape index (κ3) is 19.3. The summed E-state index contributed by atoms with van der Waals surface area (Å²) in [5, 5.41) is 18.1. The van der Waals surface area contributed by atoms with Gasteiger partial charge in [-0.1, -0.05) is 64.7 Å². The van der Waals surface area contributed by atoms with Gasteiger partial charge < -0.3 is 21.1 Å². The predicted molar refractivity (Wildman–Crippen MR) is 97.8 cm³/mol. The van der Waals surface area contributed by atoms with Crippen LogP contribution < -0.4 is 16.0 Å². The molecule has 0 aromatic carbocycles. The van der Waals surface area contributed by atoms with Gasteiger partial charge in [-0.05, 0) is 19.9 Å². The summed E-state index contributed by atoms with van der Waals surface area (Å²) < 4.78 is 0. The molecule has 138 valence electrons. The van der Waals surface area contributed by atoms with Crippen LogP contribution in [0, 0.1) is 0 Å². The monoisotopic (exact) mass is 329 g/mol. The van der Waals surface area contributed by atoms with E-state index in [-0.39, 0.29) is 12.7 Å². The van der Waals surface area contributed by atoms with Crippen molar-refractivity contribution in [1.29, 1.82) is 0 Å². The van der Waals surface area contributed by atoms with Crippen molar-refractivity contribution in [3.63, 3.8) is 0 Å². The van der Waals surface area contributed by atoms with Crippen molar-refractivity contribution in [1.82, 2.24) is 16.0 Å². The molecule has 0 aromatic rings. The fraction of sp³-hybridized carbons (Fsp3) is 0.944. The second-order valence-electron chi connectivity index (χ2n) is 6.38. The van der Waals surface area contributed by atoms with E-state index in [2.05, 4.69) is 29.8 Å².